The number of fused-ring (bicyclic) bond motifs is 1. The van der Waals surface area contributed by atoms with E-state index in [2.05, 4.69) is 28.2 Å². The predicted molar refractivity (Wildman–Crippen MR) is 77.6 cm³/mol. The quantitative estimate of drug-likeness (QED) is 0.870. The minimum Gasteiger partial charge on any atom is -0.465 e. The topological polar surface area (TPSA) is 55.0 Å². The van der Waals surface area contributed by atoms with Gasteiger partial charge < -0.3 is 9.72 Å². The average molecular weight is 268 g/mol. The Balaban J connectivity index is 1.88. The zero-order valence-electron chi connectivity index (χ0n) is 11.3. The van der Waals surface area contributed by atoms with E-state index in [9.17, 15) is 4.79 Å². The van der Waals surface area contributed by atoms with Crippen molar-refractivity contribution in [2.45, 2.75) is 19.3 Å². The minimum absolute atomic E-state index is 0.332. The molecular weight excluding hydrogens is 252 g/mol. The van der Waals surface area contributed by atoms with Gasteiger partial charge in [-0.05, 0) is 36.6 Å². The molecular formula is C16H16N2O2. The Morgan fingerprint density at radius 1 is 1.40 bits per heavy atom. The zero-order valence-corrected chi connectivity index (χ0v) is 11.3. The summed E-state index contributed by atoms with van der Waals surface area (Å²) < 4.78 is 4.72. The number of rotatable bonds is 3. The molecule has 1 aliphatic rings. The number of benzene rings is 1. The number of H-pyrrole nitrogens is 1. The SMILES string of the molecule is COC(=O)c1ccc2nc(CC3=CCCC=C3)[nH]c2c1. The maximum Gasteiger partial charge on any atom is 0.337 e. The molecule has 1 aromatic heterocycles. The van der Waals surface area contributed by atoms with Crippen molar-refractivity contribution < 1.29 is 9.53 Å². The summed E-state index contributed by atoms with van der Waals surface area (Å²) in [7, 11) is 1.38. The smallest absolute Gasteiger partial charge is 0.337 e. The van der Waals surface area contributed by atoms with Crippen LogP contribution in [0.25, 0.3) is 11.0 Å². The molecule has 0 radical (unpaired) electrons. The highest BCUT2D eigenvalue weighted by atomic mass is 16.5. The Morgan fingerprint density at radius 2 is 2.30 bits per heavy atom. The molecule has 1 heterocycles. The van der Waals surface area contributed by atoms with Crippen molar-refractivity contribution in [1.82, 2.24) is 9.97 Å². The van der Waals surface area contributed by atoms with Crippen LogP contribution >= 0.6 is 0 Å². The van der Waals surface area contributed by atoms with Crippen LogP contribution in [0.5, 0.6) is 0 Å². The van der Waals surface area contributed by atoms with E-state index in [-0.39, 0.29) is 5.97 Å². The molecule has 4 heteroatoms. The molecule has 1 N–H and O–H groups in total. The van der Waals surface area contributed by atoms with Crippen LogP contribution in [0.4, 0.5) is 0 Å². The zero-order chi connectivity index (χ0) is 13.9. The number of hydrogen-bond acceptors (Lipinski definition) is 3. The van der Waals surface area contributed by atoms with Crippen molar-refractivity contribution in [2.75, 3.05) is 7.11 Å². The monoisotopic (exact) mass is 268 g/mol. The summed E-state index contributed by atoms with van der Waals surface area (Å²) in [5, 5.41) is 0. The van der Waals surface area contributed by atoms with Gasteiger partial charge in [0.2, 0.25) is 0 Å². The average Bonchev–Trinajstić information content (AvgIpc) is 2.88. The summed E-state index contributed by atoms with van der Waals surface area (Å²) in [6.07, 6.45) is 9.58. The third-order valence-corrected chi connectivity index (χ3v) is 3.40. The number of nitrogens with zero attached hydrogens (tertiary/aromatic N) is 1. The summed E-state index contributed by atoms with van der Waals surface area (Å²) in [5.74, 6) is 0.584. The number of methoxy groups -OCH3 is 1. The van der Waals surface area contributed by atoms with Gasteiger partial charge in [0, 0.05) is 6.42 Å². The molecule has 1 aromatic carbocycles. The standard InChI is InChI=1S/C16H16N2O2/c1-20-16(19)12-7-8-13-14(10-12)18-15(17-13)9-11-5-3-2-4-6-11/h3,5-8,10H,2,4,9H2,1H3,(H,17,18). The van der Waals surface area contributed by atoms with Gasteiger partial charge in [-0.2, -0.15) is 0 Å². The number of nitrogens with one attached hydrogen (secondary N) is 1. The highest BCUT2D eigenvalue weighted by molar-refractivity contribution is 5.93. The van der Waals surface area contributed by atoms with Gasteiger partial charge in [0.25, 0.3) is 0 Å². The van der Waals surface area contributed by atoms with E-state index < -0.39 is 0 Å². The van der Waals surface area contributed by atoms with Gasteiger partial charge in [-0.25, -0.2) is 9.78 Å². The molecule has 0 saturated carbocycles. The van der Waals surface area contributed by atoms with Crippen molar-refractivity contribution in [1.29, 1.82) is 0 Å². The molecule has 0 fully saturated rings. The second-order valence-corrected chi connectivity index (χ2v) is 4.84. The first kappa shape index (κ1) is 12.7. The molecule has 102 valence electrons. The third kappa shape index (κ3) is 2.50. The van der Waals surface area contributed by atoms with E-state index in [4.69, 9.17) is 4.74 Å². The van der Waals surface area contributed by atoms with Gasteiger partial charge in [-0.3, -0.25) is 0 Å². The van der Waals surface area contributed by atoms with Crippen LogP contribution in [-0.2, 0) is 11.2 Å². The molecule has 0 spiro atoms. The van der Waals surface area contributed by atoms with Crippen molar-refractivity contribution in [3.63, 3.8) is 0 Å². The van der Waals surface area contributed by atoms with Gasteiger partial charge in [-0.1, -0.05) is 18.2 Å². The van der Waals surface area contributed by atoms with Crippen molar-refractivity contribution in [2.24, 2.45) is 0 Å². The van der Waals surface area contributed by atoms with E-state index in [1.807, 2.05) is 6.07 Å². The first-order valence-electron chi connectivity index (χ1n) is 6.69. The molecule has 2 aromatic rings. The number of ether oxygens (including phenoxy) is 1. The molecule has 0 amide bonds. The Labute approximate surface area is 117 Å². The normalized spacial score (nSPS) is 14.3. The largest absolute Gasteiger partial charge is 0.465 e. The molecule has 4 nitrogen and oxygen atoms in total. The number of carbonyl (C=O) groups excluding carboxylic acids is 1. The van der Waals surface area contributed by atoms with Crippen LogP contribution < -0.4 is 0 Å². The van der Waals surface area contributed by atoms with Crippen LogP contribution in [0.3, 0.4) is 0 Å². The lowest BCUT2D eigenvalue weighted by Crippen LogP contribution is -2.00. The van der Waals surface area contributed by atoms with Gasteiger partial charge >= 0.3 is 5.97 Å². The highest BCUT2D eigenvalue weighted by Crippen LogP contribution is 2.18. The van der Waals surface area contributed by atoms with Crippen LogP contribution in [0.15, 0.2) is 42.0 Å². The first-order chi connectivity index (χ1) is 9.76. The summed E-state index contributed by atoms with van der Waals surface area (Å²) in [5.41, 5.74) is 3.55. The molecule has 0 atom stereocenters. The Bertz CT molecular complexity index is 710. The molecule has 3 rings (SSSR count). The number of aromatic nitrogens is 2. The molecule has 0 unspecified atom stereocenters. The predicted octanol–water partition coefficient (Wildman–Crippen LogP) is 3.17. The molecule has 0 aliphatic heterocycles. The highest BCUT2D eigenvalue weighted by Gasteiger charge is 2.09. The van der Waals surface area contributed by atoms with Crippen LogP contribution in [0.1, 0.15) is 29.0 Å². The van der Waals surface area contributed by atoms with E-state index in [1.165, 1.54) is 12.7 Å². The maximum absolute atomic E-state index is 11.5. The summed E-state index contributed by atoms with van der Waals surface area (Å²) in [6.45, 7) is 0. The van der Waals surface area contributed by atoms with Crippen LogP contribution in [0.2, 0.25) is 0 Å². The lowest BCUT2D eigenvalue weighted by molar-refractivity contribution is 0.0601. The molecule has 20 heavy (non-hydrogen) atoms. The molecule has 0 bridgehead atoms. The molecule has 1 aliphatic carbocycles. The first-order valence-corrected chi connectivity index (χ1v) is 6.69. The van der Waals surface area contributed by atoms with Crippen molar-refractivity contribution >= 4 is 17.0 Å². The van der Waals surface area contributed by atoms with E-state index >= 15 is 0 Å². The summed E-state index contributed by atoms with van der Waals surface area (Å²) in [4.78, 5) is 19.3. The van der Waals surface area contributed by atoms with Crippen LogP contribution in [0, 0.1) is 0 Å². The number of esters is 1. The Hall–Kier alpha value is -2.36. The number of aromatic amines is 1. The number of imidazole rings is 1. The van der Waals surface area contributed by atoms with Crippen molar-refractivity contribution in [3.05, 3.63) is 53.4 Å². The summed E-state index contributed by atoms with van der Waals surface area (Å²) in [6, 6.07) is 5.36. The Kier molecular flexibility index (Phi) is 3.37. The van der Waals surface area contributed by atoms with Gasteiger partial charge in [0.1, 0.15) is 5.82 Å². The fourth-order valence-corrected chi connectivity index (χ4v) is 2.38. The van der Waals surface area contributed by atoms with Crippen molar-refractivity contribution in [3.8, 4) is 0 Å². The number of carbonyl (C=O) groups is 1. The fourth-order valence-electron chi connectivity index (χ4n) is 2.38. The number of allylic oxidation sites excluding steroid dienone is 4. The third-order valence-electron chi connectivity index (χ3n) is 3.40. The van der Waals surface area contributed by atoms with E-state index in [0.717, 1.165) is 36.1 Å². The fraction of sp³-hybridized carbons (Fsp3) is 0.250. The lowest BCUT2D eigenvalue weighted by atomic mass is 10.0. The van der Waals surface area contributed by atoms with Gasteiger partial charge in [0.15, 0.2) is 0 Å². The Morgan fingerprint density at radius 3 is 3.05 bits per heavy atom. The van der Waals surface area contributed by atoms with Gasteiger partial charge in [-0.15, -0.1) is 0 Å². The molecule has 0 saturated heterocycles. The lowest BCUT2D eigenvalue weighted by Gasteiger charge is -2.03. The second kappa shape index (κ2) is 5.33. The number of hydrogen-bond donors (Lipinski definition) is 1. The summed E-state index contributed by atoms with van der Waals surface area (Å²) >= 11 is 0. The van der Waals surface area contributed by atoms with Gasteiger partial charge in [0.05, 0.1) is 23.7 Å². The van der Waals surface area contributed by atoms with E-state index in [1.54, 1.807) is 12.1 Å². The van der Waals surface area contributed by atoms with Crippen LogP contribution in [-0.4, -0.2) is 23.0 Å². The minimum atomic E-state index is -0.332. The second-order valence-electron chi connectivity index (χ2n) is 4.84. The maximum atomic E-state index is 11.5. The van der Waals surface area contributed by atoms with E-state index in [0.29, 0.717) is 5.56 Å².